The third kappa shape index (κ3) is 2.44. The van der Waals surface area contributed by atoms with Gasteiger partial charge in [-0.05, 0) is 19.8 Å². The van der Waals surface area contributed by atoms with Crippen molar-refractivity contribution in [1.29, 1.82) is 5.26 Å². The van der Waals surface area contributed by atoms with E-state index in [0.717, 1.165) is 25.7 Å². The highest BCUT2D eigenvalue weighted by molar-refractivity contribution is 5.76. The average molecular weight is 221 g/mol. The molecule has 0 aromatic carbocycles. The molecule has 1 aliphatic carbocycles. The lowest BCUT2D eigenvalue weighted by Gasteiger charge is -2.36. The maximum Gasteiger partial charge on any atom is 0.324 e. The second-order valence-electron chi connectivity index (χ2n) is 4.31. The van der Waals surface area contributed by atoms with E-state index in [0.29, 0.717) is 6.61 Å². The molecule has 3 heteroatoms. The lowest BCUT2D eigenvalue weighted by atomic mass is 9.66. The molecule has 0 spiro atoms. The molecular weight excluding hydrogens is 202 g/mol. The van der Waals surface area contributed by atoms with Crippen molar-refractivity contribution in [2.45, 2.75) is 39.0 Å². The number of nitriles is 1. The normalized spacial score (nSPS) is 20.5. The smallest absolute Gasteiger partial charge is 0.324 e. The molecule has 0 aromatic heterocycles. The Bertz CT molecular complexity index is 298. The van der Waals surface area contributed by atoms with E-state index in [4.69, 9.17) is 4.74 Å². The van der Waals surface area contributed by atoms with Crippen LogP contribution in [-0.2, 0) is 9.53 Å². The highest BCUT2D eigenvalue weighted by atomic mass is 16.5. The van der Waals surface area contributed by atoms with Gasteiger partial charge in [0.05, 0.1) is 12.7 Å². The van der Waals surface area contributed by atoms with Crippen LogP contribution >= 0.6 is 0 Å². The van der Waals surface area contributed by atoms with Gasteiger partial charge in [0.2, 0.25) is 0 Å². The molecule has 1 unspecified atom stereocenters. The zero-order valence-electron chi connectivity index (χ0n) is 9.87. The molecule has 1 saturated carbocycles. The summed E-state index contributed by atoms with van der Waals surface area (Å²) in [5.41, 5.74) is -0.362. The maximum atomic E-state index is 11.7. The molecule has 16 heavy (non-hydrogen) atoms. The van der Waals surface area contributed by atoms with Gasteiger partial charge in [-0.25, -0.2) is 0 Å². The van der Waals surface area contributed by atoms with Crippen molar-refractivity contribution in [3.63, 3.8) is 0 Å². The van der Waals surface area contributed by atoms with Gasteiger partial charge in [-0.2, -0.15) is 5.26 Å². The van der Waals surface area contributed by atoms with Crippen LogP contribution in [0.1, 0.15) is 39.0 Å². The highest BCUT2D eigenvalue weighted by Gasteiger charge is 2.42. The standard InChI is InChI=1S/C13H19NO2/c1-3-13(8-6-5-7-9-13)11(10-14)12(15)16-4-2/h3,11H,1,4-9H2,2H3. The molecular formula is C13H19NO2. The molecule has 0 saturated heterocycles. The van der Waals surface area contributed by atoms with Crippen LogP contribution in [0.3, 0.4) is 0 Å². The van der Waals surface area contributed by atoms with Crippen LogP contribution in [0.4, 0.5) is 0 Å². The summed E-state index contributed by atoms with van der Waals surface area (Å²) in [5, 5.41) is 9.17. The van der Waals surface area contributed by atoms with E-state index in [1.54, 1.807) is 13.0 Å². The third-order valence-corrected chi connectivity index (χ3v) is 3.42. The average Bonchev–Trinajstić information content (AvgIpc) is 2.31. The van der Waals surface area contributed by atoms with Crippen LogP contribution in [0.2, 0.25) is 0 Å². The van der Waals surface area contributed by atoms with Crippen LogP contribution in [0.25, 0.3) is 0 Å². The van der Waals surface area contributed by atoms with Gasteiger partial charge in [0.15, 0.2) is 5.92 Å². The predicted octanol–water partition coefficient (Wildman–Crippen LogP) is 2.83. The zero-order valence-corrected chi connectivity index (χ0v) is 9.87. The molecule has 1 aliphatic rings. The van der Waals surface area contributed by atoms with Gasteiger partial charge in [0.25, 0.3) is 0 Å². The molecule has 1 atom stereocenters. The van der Waals surface area contributed by atoms with Gasteiger partial charge >= 0.3 is 5.97 Å². The van der Waals surface area contributed by atoms with Gasteiger partial charge in [-0.1, -0.05) is 25.3 Å². The minimum Gasteiger partial charge on any atom is -0.465 e. The summed E-state index contributed by atoms with van der Waals surface area (Å²) in [6, 6.07) is 2.10. The van der Waals surface area contributed by atoms with E-state index in [1.807, 2.05) is 0 Å². The number of nitrogens with zero attached hydrogens (tertiary/aromatic N) is 1. The lowest BCUT2D eigenvalue weighted by Crippen LogP contribution is -2.36. The number of hydrogen-bond acceptors (Lipinski definition) is 3. The number of rotatable bonds is 4. The lowest BCUT2D eigenvalue weighted by molar-refractivity contribution is -0.149. The Labute approximate surface area is 97.1 Å². The maximum absolute atomic E-state index is 11.7. The summed E-state index contributed by atoms with van der Waals surface area (Å²) in [4.78, 5) is 11.7. The number of carbonyl (C=O) groups is 1. The first-order valence-electron chi connectivity index (χ1n) is 5.90. The molecule has 0 bridgehead atoms. The fourth-order valence-electron chi connectivity index (χ4n) is 2.46. The Morgan fingerprint density at radius 1 is 1.56 bits per heavy atom. The first kappa shape index (κ1) is 12.8. The number of ether oxygens (including phenoxy) is 1. The van der Waals surface area contributed by atoms with Crippen LogP contribution in [0.5, 0.6) is 0 Å². The Balaban J connectivity index is 2.87. The zero-order chi connectivity index (χ0) is 12.0. The van der Waals surface area contributed by atoms with Crippen LogP contribution in [0.15, 0.2) is 12.7 Å². The van der Waals surface area contributed by atoms with E-state index < -0.39 is 11.9 Å². The van der Waals surface area contributed by atoms with Gasteiger partial charge in [-0.15, -0.1) is 6.58 Å². The first-order chi connectivity index (χ1) is 7.70. The Hall–Kier alpha value is -1.30. The summed E-state index contributed by atoms with van der Waals surface area (Å²) in [5.74, 6) is -1.09. The number of hydrogen-bond donors (Lipinski definition) is 0. The van der Waals surface area contributed by atoms with E-state index in [1.165, 1.54) is 6.42 Å². The van der Waals surface area contributed by atoms with E-state index in [2.05, 4.69) is 12.6 Å². The molecule has 88 valence electrons. The Morgan fingerprint density at radius 3 is 2.62 bits per heavy atom. The summed E-state index contributed by atoms with van der Waals surface area (Å²) >= 11 is 0. The minimum atomic E-state index is -0.690. The molecule has 1 rings (SSSR count). The van der Waals surface area contributed by atoms with Crippen LogP contribution in [0, 0.1) is 22.7 Å². The van der Waals surface area contributed by atoms with Crippen LogP contribution in [-0.4, -0.2) is 12.6 Å². The molecule has 0 aliphatic heterocycles. The molecule has 0 amide bonds. The first-order valence-corrected chi connectivity index (χ1v) is 5.90. The van der Waals surface area contributed by atoms with Crippen molar-refractivity contribution in [1.82, 2.24) is 0 Å². The Morgan fingerprint density at radius 2 is 2.19 bits per heavy atom. The number of carbonyl (C=O) groups excluding carboxylic acids is 1. The molecule has 1 fully saturated rings. The topological polar surface area (TPSA) is 50.1 Å². The van der Waals surface area contributed by atoms with Crippen molar-refractivity contribution in [3.8, 4) is 6.07 Å². The van der Waals surface area contributed by atoms with Gasteiger partial charge in [0, 0.05) is 5.41 Å². The van der Waals surface area contributed by atoms with Gasteiger partial charge in [0.1, 0.15) is 0 Å². The van der Waals surface area contributed by atoms with Gasteiger partial charge < -0.3 is 4.74 Å². The van der Waals surface area contributed by atoms with Crippen molar-refractivity contribution in [2.24, 2.45) is 11.3 Å². The Kier molecular flexibility index (Phi) is 4.54. The molecule has 0 N–H and O–H groups in total. The largest absolute Gasteiger partial charge is 0.465 e. The van der Waals surface area contributed by atoms with E-state index in [9.17, 15) is 10.1 Å². The number of esters is 1. The quantitative estimate of drug-likeness (QED) is 0.541. The van der Waals surface area contributed by atoms with Crippen molar-refractivity contribution >= 4 is 5.97 Å². The molecule has 3 nitrogen and oxygen atoms in total. The molecule has 0 heterocycles. The number of allylic oxidation sites excluding steroid dienone is 1. The van der Waals surface area contributed by atoms with E-state index >= 15 is 0 Å². The third-order valence-electron chi connectivity index (χ3n) is 3.42. The summed E-state index contributed by atoms with van der Waals surface area (Å²) in [6.07, 6.45) is 6.82. The van der Waals surface area contributed by atoms with Crippen molar-refractivity contribution in [3.05, 3.63) is 12.7 Å². The summed E-state index contributed by atoms with van der Waals surface area (Å²) in [7, 11) is 0. The highest BCUT2D eigenvalue weighted by Crippen LogP contribution is 2.43. The van der Waals surface area contributed by atoms with Gasteiger partial charge in [-0.3, -0.25) is 4.79 Å². The predicted molar refractivity (Wildman–Crippen MR) is 61.5 cm³/mol. The SMILES string of the molecule is C=CC1(C(C#N)C(=O)OCC)CCCCC1. The molecule has 0 radical (unpaired) electrons. The monoisotopic (exact) mass is 221 g/mol. The fraction of sp³-hybridized carbons (Fsp3) is 0.692. The minimum absolute atomic E-state index is 0.324. The van der Waals surface area contributed by atoms with Crippen molar-refractivity contribution < 1.29 is 9.53 Å². The second-order valence-corrected chi connectivity index (χ2v) is 4.31. The summed E-state index contributed by atoms with van der Waals surface area (Å²) < 4.78 is 4.97. The van der Waals surface area contributed by atoms with Crippen molar-refractivity contribution in [2.75, 3.05) is 6.61 Å². The van der Waals surface area contributed by atoms with E-state index in [-0.39, 0.29) is 5.41 Å². The molecule has 0 aromatic rings. The van der Waals surface area contributed by atoms with Crippen LogP contribution < -0.4 is 0 Å². The summed E-state index contributed by atoms with van der Waals surface area (Å²) in [6.45, 7) is 5.89. The fourth-order valence-corrected chi connectivity index (χ4v) is 2.46. The second kappa shape index (κ2) is 5.69.